The van der Waals surface area contributed by atoms with Crippen molar-refractivity contribution < 1.29 is 4.39 Å². The number of hydrogen-bond acceptors (Lipinski definition) is 2. The van der Waals surface area contributed by atoms with Gasteiger partial charge in [0.2, 0.25) is 0 Å². The number of hydrogen-bond donors (Lipinski definition) is 1. The number of aryl methyl sites for hydroxylation is 3. The van der Waals surface area contributed by atoms with E-state index in [1.54, 1.807) is 10.7 Å². The largest absolute Gasteiger partial charge is 0.330 e. The molecule has 7 heteroatoms. The third-order valence-corrected chi connectivity index (χ3v) is 3.81. The van der Waals surface area contributed by atoms with Gasteiger partial charge in [0.25, 0.3) is 0 Å². The molecule has 0 unspecified atom stereocenters. The van der Waals surface area contributed by atoms with Crippen LogP contribution >= 0.6 is 23.8 Å². The molecule has 3 rings (SSSR count). The average Bonchev–Trinajstić information content (AvgIpc) is 2.92. The molecule has 0 atom stereocenters. The standard InChI is InChI=1S/C13H12ClFN4S/c1-18-7-8(6-16-18)2-3-19-12-4-9(14)10(15)5-11(12)17-13(19)20/h4-7H,2-3H2,1H3,(H,17,20). The van der Waals surface area contributed by atoms with E-state index in [9.17, 15) is 4.39 Å². The third kappa shape index (κ3) is 2.36. The second-order valence-corrected chi connectivity index (χ2v) is 5.43. The highest BCUT2D eigenvalue weighted by molar-refractivity contribution is 7.71. The van der Waals surface area contributed by atoms with Crippen molar-refractivity contribution in [2.45, 2.75) is 13.0 Å². The predicted octanol–water partition coefficient (Wildman–Crippen LogP) is 3.47. The first kappa shape index (κ1) is 13.3. The maximum atomic E-state index is 13.4. The summed E-state index contributed by atoms with van der Waals surface area (Å²) in [7, 11) is 1.88. The van der Waals surface area contributed by atoms with Gasteiger partial charge >= 0.3 is 0 Å². The van der Waals surface area contributed by atoms with Gasteiger partial charge in [0.1, 0.15) is 5.82 Å². The van der Waals surface area contributed by atoms with Gasteiger partial charge in [-0.15, -0.1) is 0 Å². The van der Waals surface area contributed by atoms with Gasteiger partial charge in [-0.05, 0) is 30.3 Å². The topological polar surface area (TPSA) is 38.5 Å². The van der Waals surface area contributed by atoms with Gasteiger partial charge in [-0.2, -0.15) is 5.10 Å². The summed E-state index contributed by atoms with van der Waals surface area (Å²) in [5.41, 5.74) is 2.59. The maximum Gasteiger partial charge on any atom is 0.178 e. The van der Waals surface area contributed by atoms with Crippen LogP contribution < -0.4 is 0 Å². The zero-order valence-electron chi connectivity index (χ0n) is 10.7. The van der Waals surface area contributed by atoms with Crippen LogP contribution in [0.4, 0.5) is 4.39 Å². The second-order valence-electron chi connectivity index (χ2n) is 4.64. The van der Waals surface area contributed by atoms with E-state index in [4.69, 9.17) is 23.8 Å². The minimum atomic E-state index is -0.449. The molecule has 104 valence electrons. The van der Waals surface area contributed by atoms with Gasteiger partial charge < -0.3 is 9.55 Å². The summed E-state index contributed by atoms with van der Waals surface area (Å²) in [4.78, 5) is 2.99. The van der Waals surface area contributed by atoms with Crippen LogP contribution in [0.3, 0.4) is 0 Å². The highest BCUT2D eigenvalue weighted by atomic mass is 35.5. The van der Waals surface area contributed by atoms with Crippen LogP contribution in [0.25, 0.3) is 11.0 Å². The van der Waals surface area contributed by atoms with Crippen LogP contribution in [0.5, 0.6) is 0 Å². The van der Waals surface area contributed by atoms with Gasteiger partial charge in [-0.25, -0.2) is 4.39 Å². The maximum absolute atomic E-state index is 13.4. The fraction of sp³-hybridized carbons (Fsp3) is 0.231. The lowest BCUT2D eigenvalue weighted by molar-refractivity contribution is 0.629. The molecule has 0 fully saturated rings. The van der Waals surface area contributed by atoms with Crippen molar-refractivity contribution in [1.82, 2.24) is 19.3 Å². The fourth-order valence-electron chi connectivity index (χ4n) is 2.22. The molecule has 2 heterocycles. The highest BCUT2D eigenvalue weighted by Gasteiger charge is 2.09. The SMILES string of the molecule is Cn1cc(CCn2c(=S)[nH]c3cc(F)c(Cl)cc32)cn1. The van der Waals surface area contributed by atoms with Crippen molar-refractivity contribution in [2.24, 2.45) is 7.05 Å². The van der Waals surface area contributed by atoms with Crippen LogP contribution in [0.2, 0.25) is 5.02 Å². The van der Waals surface area contributed by atoms with Crippen LogP contribution in [0.1, 0.15) is 5.56 Å². The zero-order chi connectivity index (χ0) is 14.3. The Morgan fingerprint density at radius 2 is 2.25 bits per heavy atom. The van der Waals surface area contributed by atoms with E-state index in [0.29, 0.717) is 16.8 Å². The van der Waals surface area contributed by atoms with E-state index in [0.717, 1.165) is 17.5 Å². The lowest BCUT2D eigenvalue weighted by Gasteiger charge is -2.04. The molecular formula is C13H12ClFN4S. The Balaban J connectivity index is 1.96. The van der Waals surface area contributed by atoms with Crippen molar-refractivity contribution in [2.75, 3.05) is 0 Å². The Bertz CT molecular complexity index is 833. The predicted molar refractivity (Wildman–Crippen MR) is 79.0 cm³/mol. The van der Waals surface area contributed by atoms with Crippen molar-refractivity contribution in [3.8, 4) is 0 Å². The molecule has 0 aliphatic heterocycles. The minimum absolute atomic E-state index is 0.0987. The van der Waals surface area contributed by atoms with E-state index >= 15 is 0 Å². The quantitative estimate of drug-likeness (QED) is 0.752. The van der Waals surface area contributed by atoms with Crippen molar-refractivity contribution in [3.63, 3.8) is 0 Å². The lowest BCUT2D eigenvalue weighted by Crippen LogP contribution is -2.01. The molecule has 3 aromatic rings. The molecule has 0 amide bonds. The number of nitrogens with one attached hydrogen (secondary N) is 1. The summed E-state index contributed by atoms with van der Waals surface area (Å²) in [6.07, 6.45) is 4.58. The van der Waals surface area contributed by atoms with Gasteiger partial charge in [-0.1, -0.05) is 11.6 Å². The van der Waals surface area contributed by atoms with Crippen molar-refractivity contribution in [1.29, 1.82) is 0 Å². The Morgan fingerprint density at radius 3 is 2.95 bits per heavy atom. The van der Waals surface area contributed by atoms with E-state index in [2.05, 4.69) is 10.1 Å². The molecule has 0 spiro atoms. The number of fused-ring (bicyclic) bond motifs is 1. The van der Waals surface area contributed by atoms with Gasteiger partial charge in [-0.3, -0.25) is 4.68 Å². The molecule has 0 aliphatic carbocycles. The number of aromatic amines is 1. The fourth-order valence-corrected chi connectivity index (χ4v) is 2.67. The Morgan fingerprint density at radius 1 is 1.45 bits per heavy atom. The summed E-state index contributed by atoms with van der Waals surface area (Å²) in [5, 5.41) is 4.23. The Kier molecular flexibility index (Phi) is 3.35. The summed E-state index contributed by atoms with van der Waals surface area (Å²) in [6.45, 7) is 0.687. The normalized spacial score (nSPS) is 11.3. The molecule has 0 bridgehead atoms. The molecule has 0 saturated heterocycles. The number of nitrogens with zero attached hydrogens (tertiary/aromatic N) is 3. The van der Waals surface area contributed by atoms with Crippen LogP contribution in [0.15, 0.2) is 24.5 Å². The molecule has 0 radical (unpaired) electrons. The number of benzene rings is 1. The molecule has 4 nitrogen and oxygen atoms in total. The Hall–Kier alpha value is -1.66. The summed E-state index contributed by atoms with van der Waals surface area (Å²) < 4.78 is 17.7. The van der Waals surface area contributed by atoms with Crippen molar-refractivity contribution in [3.05, 3.63) is 45.7 Å². The first-order valence-corrected chi connectivity index (χ1v) is 6.88. The number of aromatic nitrogens is 4. The van der Waals surface area contributed by atoms with E-state index in [-0.39, 0.29) is 5.02 Å². The zero-order valence-corrected chi connectivity index (χ0v) is 12.3. The number of halogens is 2. The van der Waals surface area contributed by atoms with E-state index in [1.165, 1.54) is 6.07 Å². The molecule has 1 aromatic carbocycles. The molecule has 0 aliphatic rings. The highest BCUT2D eigenvalue weighted by Crippen LogP contribution is 2.23. The van der Waals surface area contributed by atoms with Crippen LogP contribution in [-0.4, -0.2) is 19.3 Å². The number of imidazole rings is 1. The van der Waals surface area contributed by atoms with Crippen molar-refractivity contribution >= 4 is 34.9 Å². The van der Waals surface area contributed by atoms with Crippen LogP contribution in [-0.2, 0) is 20.0 Å². The average molecular weight is 311 g/mol. The smallest absolute Gasteiger partial charge is 0.178 e. The minimum Gasteiger partial charge on any atom is -0.330 e. The summed E-state index contributed by atoms with van der Waals surface area (Å²) in [6, 6.07) is 2.97. The third-order valence-electron chi connectivity index (χ3n) is 3.20. The van der Waals surface area contributed by atoms with Gasteiger partial charge in [0.15, 0.2) is 4.77 Å². The molecule has 20 heavy (non-hydrogen) atoms. The first-order chi connectivity index (χ1) is 9.54. The number of rotatable bonds is 3. The molecule has 2 aromatic heterocycles. The van der Waals surface area contributed by atoms with Gasteiger partial charge in [0.05, 0.1) is 22.3 Å². The first-order valence-electron chi connectivity index (χ1n) is 6.09. The Labute approximate surface area is 124 Å². The second kappa shape index (κ2) is 5.03. The van der Waals surface area contributed by atoms with E-state index in [1.807, 2.05) is 24.0 Å². The number of H-pyrrole nitrogens is 1. The van der Waals surface area contributed by atoms with E-state index < -0.39 is 5.82 Å². The monoisotopic (exact) mass is 310 g/mol. The summed E-state index contributed by atoms with van der Waals surface area (Å²) in [5.74, 6) is -0.449. The van der Waals surface area contributed by atoms with Gasteiger partial charge in [0, 0.05) is 25.9 Å². The lowest BCUT2D eigenvalue weighted by atomic mass is 10.2. The molecular weight excluding hydrogens is 299 g/mol. The molecule has 0 saturated carbocycles. The summed E-state index contributed by atoms with van der Waals surface area (Å²) >= 11 is 11.1. The van der Waals surface area contributed by atoms with Crippen LogP contribution in [0, 0.1) is 10.6 Å². The molecule has 1 N–H and O–H groups in total.